The lowest BCUT2D eigenvalue weighted by atomic mass is 9.91. The Balaban J connectivity index is 1.43. The van der Waals surface area contributed by atoms with Gasteiger partial charge in [0.05, 0.1) is 22.5 Å². The molecule has 174 valence electrons. The molecule has 1 aliphatic heterocycles. The lowest BCUT2D eigenvalue weighted by Crippen LogP contribution is -2.47. The Bertz CT molecular complexity index is 1170. The number of carbonyl (C=O) groups is 2. The summed E-state index contributed by atoms with van der Waals surface area (Å²) in [5, 5.41) is 4.15. The number of hydrogen-bond acceptors (Lipinski definition) is 4. The van der Waals surface area contributed by atoms with E-state index >= 15 is 0 Å². The number of nitrogens with one attached hydrogen (secondary N) is 2. The summed E-state index contributed by atoms with van der Waals surface area (Å²) in [6, 6.07) is 8.04. The second-order valence-electron chi connectivity index (χ2n) is 10.3. The lowest BCUT2D eigenvalue weighted by Gasteiger charge is -2.35. The number of amides is 2. The van der Waals surface area contributed by atoms with Gasteiger partial charge in [0.2, 0.25) is 11.8 Å². The van der Waals surface area contributed by atoms with Gasteiger partial charge in [0.15, 0.2) is 0 Å². The van der Waals surface area contributed by atoms with E-state index in [0.717, 1.165) is 66.1 Å². The fourth-order valence-corrected chi connectivity index (χ4v) is 6.33. The van der Waals surface area contributed by atoms with Crippen LogP contribution in [0.3, 0.4) is 0 Å². The zero-order valence-corrected chi connectivity index (χ0v) is 20.5. The molecule has 5 rings (SSSR count). The third kappa shape index (κ3) is 4.31. The fraction of sp³-hybridized carbons (Fsp3) is 0.500. The molecule has 2 aromatic heterocycles. The number of aromatic nitrogens is 2. The van der Waals surface area contributed by atoms with E-state index in [0.29, 0.717) is 6.54 Å². The predicted octanol–water partition coefficient (Wildman–Crippen LogP) is 5.39. The van der Waals surface area contributed by atoms with Crippen molar-refractivity contribution in [2.45, 2.75) is 59.3 Å². The van der Waals surface area contributed by atoms with E-state index in [-0.39, 0.29) is 17.7 Å². The summed E-state index contributed by atoms with van der Waals surface area (Å²) < 4.78 is 0. The quantitative estimate of drug-likeness (QED) is 0.545. The number of imidazole rings is 1. The summed E-state index contributed by atoms with van der Waals surface area (Å²) >= 11 is 1.70. The smallest absolute Gasteiger partial charge is 0.229 e. The Morgan fingerprint density at radius 1 is 1.15 bits per heavy atom. The second-order valence-corrected chi connectivity index (χ2v) is 11.5. The first kappa shape index (κ1) is 22.1. The molecule has 33 heavy (non-hydrogen) atoms. The minimum absolute atomic E-state index is 0.0115. The fourth-order valence-electron chi connectivity index (χ4n) is 5.04. The van der Waals surface area contributed by atoms with Crippen LogP contribution in [0.2, 0.25) is 0 Å². The number of piperidine rings is 1. The van der Waals surface area contributed by atoms with E-state index in [1.807, 2.05) is 49.9 Å². The maximum absolute atomic E-state index is 13.4. The van der Waals surface area contributed by atoms with Crippen LogP contribution in [0.15, 0.2) is 24.3 Å². The molecule has 1 aliphatic carbocycles. The summed E-state index contributed by atoms with van der Waals surface area (Å²) in [6.07, 6.45) is 6.09. The lowest BCUT2D eigenvalue weighted by molar-refractivity contribution is -0.142. The number of nitrogens with zero attached hydrogens (tertiary/aromatic N) is 2. The number of rotatable bonds is 3. The van der Waals surface area contributed by atoms with Crippen molar-refractivity contribution < 1.29 is 9.59 Å². The first-order valence-corrected chi connectivity index (χ1v) is 12.8. The highest BCUT2D eigenvalue weighted by molar-refractivity contribution is 7.17. The molecule has 2 N–H and O–H groups in total. The number of fused-ring (bicyclic) bond motifs is 2. The number of aromatic amines is 1. The van der Waals surface area contributed by atoms with Crippen molar-refractivity contribution in [1.82, 2.24) is 14.9 Å². The molecule has 1 saturated heterocycles. The molecular formula is C26H32N4O2S. The second kappa shape index (κ2) is 8.60. The number of thiophene rings is 1. The Hall–Kier alpha value is -2.67. The van der Waals surface area contributed by atoms with Gasteiger partial charge < -0.3 is 15.2 Å². The van der Waals surface area contributed by atoms with E-state index in [9.17, 15) is 9.59 Å². The standard InChI is InChI=1S/C26H32N4O2S/c1-26(2,3)25(32)30-14-8-9-16(15-30)23(31)29-24-21(17-10-4-7-13-20(17)33-24)22-27-18-11-5-6-12-19(18)28-22/h5-6,11-12,16H,4,7-10,13-15H2,1-3H3,(H,27,28)(H,29,31). The van der Waals surface area contributed by atoms with Crippen LogP contribution < -0.4 is 5.32 Å². The Morgan fingerprint density at radius 3 is 2.73 bits per heavy atom. The molecule has 2 amide bonds. The van der Waals surface area contributed by atoms with Gasteiger partial charge in [-0.25, -0.2) is 4.98 Å². The number of H-pyrrole nitrogens is 1. The van der Waals surface area contributed by atoms with E-state index in [2.05, 4.69) is 10.3 Å². The zero-order valence-electron chi connectivity index (χ0n) is 19.7. The van der Waals surface area contributed by atoms with Gasteiger partial charge in [-0.05, 0) is 56.2 Å². The molecule has 6 nitrogen and oxygen atoms in total. The number of anilines is 1. The highest BCUT2D eigenvalue weighted by Crippen LogP contribution is 2.44. The summed E-state index contributed by atoms with van der Waals surface area (Å²) in [7, 11) is 0. The summed E-state index contributed by atoms with van der Waals surface area (Å²) in [5.41, 5.74) is 3.89. The van der Waals surface area contributed by atoms with Crippen molar-refractivity contribution in [3.05, 3.63) is 34.7 Å². The molecule has 2 aliphatic rings. The molecular weight excluding hydrogens is 432 g/mol. The van der Waals surface area contributed by atoms with Gasteiger partial charge in [-0.2, -0.15) is 0 Å². The average Bonchev–Trinajstić information content (AvgIpc) is 3.38. The average molecular weight is 465 g/mol. The van der Waals surface area contributed by atoms with Crippen LogP contribution in [0.1, 0.15) is 56.9 Å². The number of aryl methyl sites for hydroxylation is 1. The van der Waals surface area contributed by atoms with Crippen LogP contribution in [0.25, 0.3) is 22.4 Å². The molecule has 0 radical (unpaired) electrons. The van der Waals surface area contributed by atoms with Gasteiger partial charge >= 0.3 is 0 Å². The van der Waals surface area contributed by atoms with E-state index in [4.69, 9.17) is 4.98 Å². The van der Waals surface area contributed by atoms with Crippen molar-refractivity contribution in [1.29, 1.82) is 0 Å². The topological polar surface area (TPSA) is 78.1 Å². The van der Waals surface area contributed by atoms with Gasteiger partial charge in [-0.3, -0.25) is 9.59 Å². The third-order valence-corrected chi connectivity index (χ3v) is 7.96. The van der Waals surface area contributed by atoms with Crippen molar-refractivity contribution in [3.63, 3.8) is 0 Å². The Kier molecular flexibility index (Phi) is 5.77. The molecule has 3 aromatic rings. The molecule has 1 unspecified atom stereocenters. The molecule has 7 heteroatoms. The SMILES string of the molecule is CC(C)(C)C(=O)N1CCCC(C(=O)Nc2sc3c(c2-c2nc4ccccc4[nH]2)CCCC3)C1. The number of benzene rings is 1. The van der Waals surface area contributed by atoms with Gasteiger partial charge in [-0.1, -0.05) is 32.9 Å². The van der Waals surface area contributed by atoms with Gasteiger partial charge in [0.1, 0.15) is 10.8 Å². The van der Waals surface area contributed by atoms with Crippen molar-refractivity contribution in [2.24, 2.45) is 11.3 Å². The van der Waals surface area contributed by atoms with Crippen molar-refractivity contribution in [3.8, 4) is 11.4 Å². The van der Waals surface area contributed by atoms with Crippen LogP contribution in [0.4, 0.5) is 5.00 Å². The minimum Gasteiger partial charge on any atom is -0.341 e. The van der Waals surface area contributed by atoms with Crippen molar-refractivity contribution in [2.75, 3.05) is 18.4 Å². The molecule has 0 bridgehead atoms. The first-order valence-electron chi connectivity index (χ1n) is 12.0. The van der Waals surface area contributed by atoms with Crippen LogP contribution in [0, 0.1) is 11.3 Å². The van der Waals surface area contributed by atoms with Gasteiger partial charge in [0, 0.05) is 23.4 Å². The Labute approximate surface area is 198 Å². The molecule has 0 saturated carbocycles. The number of carbonyl (C=O) groups excluding carboxylic acids is 2. The third-order valence-electron chi connectivity index (χ3n) is 6.76. The van der Waals surface area contributed by atoms with Crippen LogP contribution >= 0.6 is 11.3 Å². The monoisotopic (exact) mass is 464 g/mol. The van der Waals surface area contributed by atoms with Crippen LogP contribution in [0.5, 0.6) is 0 Å². The van der Waals surface area contributed by atoms with E-state index in [1.54, 1.807) is 11.3 Å². The van der Waals surface area contributed by atoms with Gasteiger partial charge in [-0.15, -0.1) is 11.3 Å². The highest BCUT2D eigenvalue weighted by Gasteiger charge is 2.34. The summed E-state index contributed by atoms with van der Waals surface area (Å²) in [4.78, 5) is 37.7. The van der Waals surface area contributed by atoms with Gasteiger partial charge in [0.25, 0.3) is 0 Å². The molecule has 0 spiro atoms. The maximum Gasteiger partial charge on any atom is 0.229 e. The van der Waals surface area contributed by atoms with Crippen LogP contribution in [-0.4, -0.2) is 39.8 Å². The normalized spacial score (nSPS) is 18.9. The molecule has 1 fully saturated rings. The van der Waals surface area contributed by atoms with E-state index in [1.165, 1.54) is 16.9 Å². The zero-order chi connectivity index (χ0) is 23.2. The largest absolute Gasteiger partial charge is 0.341 e. The Morgan fingerprint density at radius 2 is 1.94 bits per heavy atom. The molecule has 1 atom stereocenters. The summed E-state index contributed by atoms with van der Waals surface area (Å²) in [5.74, 6) is 0.777. The summed E-state index contributed by atoms with van der Waals surface area (Å²) in [6.45, 7) is 7.04. The van der Waals surface area contributed by atoms with Crippen LogP contribution in [-0.2, 0) is 22.4 Å². The molecule has 1 aromatic carbocycles. The maximum atomic E-state index is 13.4. The van der Waals surface area contributed by atoms with Crippen molar-refractivity contribution >= 4 is 39.2 Å². The minimum atomic E-state index is -0.431. The number of hydrogen-bond donors (Lipinski definition) is 2. The van der Waals surface area contributed by atoms with E-state index < -0.39 is 5.41 Å². The number of likely N-dealkylation sites (tertiary alicyclic amines) is 1. The molecule has 3 heterocycles. The first-order chi connectivity index (χ1) is 15.8. The highest BCUT2D eigenvalue weighted by atomic mass is 32.1. The predicted molar refractivity (Wildman–Crippen MR) is 133 cm³/mol. The number of para-hydroxylation sites is 2.